The maximum Gasteiger partial charge on any atom is 0.490 e. The molecule has 1 aromatic heterocycles. The Bertz CT molecular complexity index is 1060. The minimum atomic E-state index is -5.08. The van der Waals surface area contributed by atoms with Crippen LogP contribution in [0.1, 0.15) is 69.0 Å². The molecule has 1 atom stereocenters. The van der Waals surface area contributed by atoms with E-state index in [1.54, 1.807) is 0 Å². The number of carboxylic acid groups (broad SMARTS) is 1. The Labute approximate surface area is 227 Å². The average Bonchev–Trinajstić information content (AvgIpc) is 3.41. The molecule has 2 aliphatic carbocycles. The molecule has 8 nitrogen and oxygen atoms in total. The van der Waals surface area contributed by atoms with E-state index in [-0.39, 0.29) is 11.9 Å². The number of alkyl halides is 3. The highest BCUT2D eigenvalue weighted by Crippen LogP contribution is 2.24. The van der Waals surface area contributed by atoms with Crippen molar-refractivity contribution in [3.63, 3.8) is 0 Å². The van der Waals surface area contributed by atoms with Crippen molar-refractivity contribution in [2.75, 3.05) is 17.2 Å². The van der Waals surface area contributed by atoms with Gasteiger partial charge < -0.3 is 21.1 Å². The van der Waals surface area contributed by atoms with Crippen molar-refractivity contribution in [2.45, 2.75) is 89.4 Å². The molecule has 0 spiro atoms. The van der Waals surface area contributed by atoms with Gasteiger partial charge in [0.2, 0.25) is 11.9 Å². The van der Waals surface area contributed by atoms with E-state index in [1.807, 2.05) is 31.2 Å². The molecule has 0 saturated heterocycles. The summed E-state index contributed by atoms with van der Waals surface area (Å²) in [5.41, 5.74) is 2.02. The van der Waals surface area contributed by atoms with Crippen LogP contribution in [0.25, 0.3) is 0 Å². The summed E-state index contributed by atoms with van der Waals surface area (Å²) in [6.45, 7) is 2.89. The van der Waals surface area contributed by atoms with Crippen LogP contribution in [0.15, 0.2) is 36.4 Å². The summed E-state index contributed by atoms with van der Waals surface area (Å²) >= 11 is 0. The summed E-state index contributed by atoms with van der Waals surface area (Å²) in [7, 11) is 0. The summed E-state index contributed by atoms with van der Waals surface area (Å²) in [4.78, 5) is 31.3. The summed E-state index contributed by atoms with van der Waals surface area (Å²) in [6, 6.07) is 12.0. The molecule has 0 radical (unpaired) electrons. The highest BCUT2D eigenvalue weighted by Gasteiger charge is 2.38. The van der Waals surface area contributed by atoms with Crippen molar-refractivity contribution < 1.29 is 27.9 Å². The minimum absolute atomic E-state index is 0.0498. The Balaban J connectivity index is 0.000000532. The number of aromatic nitrogens is 2. The zero-order chi connectivity index (χ0) is 28.3. The average molecular weight is 550 g/mol. The lowest BCUT2D eigenvalue weighted by Crippen LogP contribution is -2.45. The highest BCUT2D eigenvalue weighted by molar-refractivity contribution is 5.85. The third-order valence-electron chi connectivity index (χ3n) is 6.99. The van der Waals surface area contributed by atoms with Gasteiger partial charge >= 0.3 is 12.1 Å². The number of hydrogen-bond acceptors (Lipinski definition) is 6. The van der Waals surface area contributed by atoms with Crippen molar-refractivity contribution in [1.82, 2.24) is 15.3 Å². The van der Waals surface area contributed by atoms with E-state index in [1.165, 1.54) is 44.9 Å². The molecule has 214 valence electrons. The van der Waals surface area contributed by atoms with E-state index >= 15 is 0 Å². The van der Waals surface area contributed by atoms with Gasteiger partial charge in [-0.1, -0.05) is 62.4 Å². The number of halogens is 3. The zero-order valence-electron chi connectivity index (χ0n) is 22.3. The predicted molar refractivity (Wildman–Crippen MR) is 143 cm³/mol. The summed E-state index contributed by atoms with van der Waals surface area (Å²) < 4.78 is 31.7. The van der Waals surface area contributed by atoms with Gasteiger partial charge in [0, 0.05) is 30.8 Å². The van der Waals surface area contributed by atoms with Crippen molar-refractivity contribution in [3.8, 4) is 0 Å². The SMILES string of the molecule is Cc1cc(N[C@@H](Cc2ccccc2)C(=O)NC2CCCC2)nc(NCC2CCCCC2)n1.O=C(O)C(F)(F)F. The molecule has 4 N–H and O–H groups in total. The molecule has 0 unspecified atom stereocenters. The Hall–Kier alpha value is -3.37. The topological polar surface area (TPSA) is 116 Å². The molecule has 2 saturated carbocycles. The second kappa shape index (κ2) is 14.7. The van der Waals surface area contributed by atoms with Crippen molar-refractivity contribution >= 4 is 23.6 Å². The first-order chi connectivity index (χ1) is 18.6. The van der Waals surface area contributed by atoms with Crippen LogP contribution in [-0.4, -0.2) is 51.8 Å². The molecule has 1 amide bonds. The van der Waals surface area contributed by atoms with Crippen LogP contribution in [0.4, 0.5) is 24.9 Å². The first-order valence-electron chi connectivity index (χ1n) is 13.6. The van der Waals surface area contributed by atoms with Crippen LogP contribution in [-0.2, 0) is 16.0 Å². The van der Waals surface area contributed by atoms with Gasteiger partial charge in [0.25, 0.3) is 0 Å². The molecule has 2 aliphatic rings. The first kappa shape index (κ1) is 30.2. The monoisotopic (exact) mass is 549 g/mol. The summed E-state index contributed by atoms with van der Waals surface area (Å²) in [5.74, 6) is -0.660. The van der Waals surface area contributed by atoms with E-state index in [2.05, 4.69) is 33.1 Å². The smallest absolute Gasteiger partial charge is 0.475 e. The molecule has 0 bridgehead atoms. The lowest BCUT2D eigenvalue weighted by molar-refractivity contribution is -0.192. The quantitative estimate of drug-likeness (QED) is 0.327. The predicted octanol–water partition coefficient (Wildman–Crippen LogP) is 5.49. The molecule has 4 rings (SSSR count). The molecule has 0 aliphatic heterocycles. The normalized spacial score (nSPS) is 17.0. The number of aryl methyl sites for hydroxylation is 1. The maximum absolute atomic E-state index is 13.2. The Kier molecular flexibility index (Phi) is 11.4. The number of nitrogens with zero attached hydrogens (tertiary/aromatic N) is 2. The summed E-state index contributed by atoms with van der Waals surface area (Å²) in [5, 5.41) is 17.2. The fourth-order valence-corrected chi connectivity index (χ4v) is 4.96. The number of rotatable bonds is 9. The maximum atomic E-state index is 13.2. The number of aliphatic carboxylic acids is 1. The minimum Gasteiger partial charge on any atom is -0.475 e. The first-order valence-corrected chi connectivity index (χ1v) is 13.6. The Morgan fingerprint density at radius 1 is 1.00 bits per heavy atom. The van der Waals surface area contributed by atoms with Gasteiger partial charge in [0.05, 0.1) is 0 Å². The van der Waals surface area contributed by atoms with E-state index in [9.17, 15) is 18.0 Å². The van der Waals surface area contributed by atoms with E-state index in [4.69, 9.17) is 14.9 Å². The highest BCUT2D eigenvalue weighted by atomic mass is 19.4. The number of carboxylic acids is 1. The molecule has 39 heavy (non-hydrogen) atoms. The molecule has 11 heteroatoms. The third-order valence-corrected chi connectivity index (χ3v) is 6.99. The molecule has 1 aromatic carbocycles. The number of hydrogen-bond donors (Lipinski definition) is 4. The van der Waals surface area contributed by atoms with Gasteiger partial charge in [0.1, 0.15) is 11.9 Å². The van der Waals surface area contributed by atoms with Crippen molar-refractivity contribution in [2.24, 2.45) is 5.92 Å². The third kappa shape index (κ3) is 10.7. The number of amides is 1. The molecular formula is C28H38F3N5O3. The van der Waals surface area contributed by atoms with Gasteiger partial charge in [-0.25, -0.2) is 9.78 Å². The zero-order valence-corrected chi connectivity index (χ0v) is 22.3. The van der Waals surface area contributed by atoms with Crippen LogP contribution >= 0.6 is 0 Å². The van der Waals surface area contributed by atoms with Gasteiger partial charge in [0.15, 0.2) is 0 Å². The van der Waals surface area contributed by atoms with Crippen LogP contribution in [0, 0.1) is 12.8 Å². The Morgan fingerprint density at radius 3 is 2.23 bits per heavy atom. The molecule has 2 aromatic rings. The fraction of sp³-hybridized carbons (Fsp3) is 0.571. The molecular weight excluding hydrogens is 511 g/mol. The van der Waals surface area contributed by atoms with Crippen LogP contribution in [0.2, 0.25) is 0 Å². The molecule has 1 heterocycles. The van der Waals surface area contributed by atoms with Crippen LogP contribution in [0.3, 0.4) is 0 Å². The van der Waals surface area contributed by atoms with Gasteiger partial charge in [-0.15, -0.1) is 0 Å². The van der Waals surface area contributed by atoms with Gasteiger partial charge in [-0.3, -0.25) is 4.79 Å². The number of anilines is 2. The van der Waals surface area contributed by atoms with Crippen molar-refractivity contribution in [3.05, 3.63) is 47.7 Å². The van der Waals surface area contributed by atoms with E-state index in [0.29, 0.717) is 30.1 Å². The number of benzene rings is 1. The van der Waals surface area contributed by atoms with Crippen LogP contribution < -0.4 is 16.0 Å². The standard InChI is InChI=1S/C26H37N5O.C2HF3O2/c1-19-16-24(31-26(28-19)27-18-21-12-6-3-7-13-21)30-23(17-20-10-4-2-5-11-20)25(32)29-22-14-8-9-15-22;3-2(4,5)1(6)7/h2,4-5,10-11,16,21-23H,3,6-9,12-15,17-18H2,1H3,(H,29,32)(H2,27,28,30,31);(H,6,7)/t23-;/m0./s1. The molecule has 2 fully saturated rings. The fourth-order valence-electron chi connectivity index (χ4n) is 4.96. The van der Waals surface area contributed by atoms with E-state index < -0.39 is 12.1 Å². The second-order valence-corrected chi connectivity index (χ2v) is 10.3. The largest absolute Gasteiger partial charge is 0.490 e. The number of nitrogens with one attached hydrogen (secondary N) is 3. The number of carbonyl (C=O) groups excluding carboxylic acids is 1. The number of carbonyl (C=O) groups is 2. The summed E-state index contributed by atoms with van der Waals surface area (Å²) in [6.07, 6.45) is 6.65. The van der Waals surface area contributed by atoms with Crippen molar-refractivity contribution in [1.29, 1.82) is 0 Å². The lowest BCUT2D eigenvalue weighted by atomic mass is 9.89. The van der Waals surface area contributed by atoms with E-state index in [0.717, 1.165) is 30.6 Å². The Morgan fingerprint density at radius 2 is 1.62 bits per heavy atom. The van der Waals surface area contributed by atoms with Crippen LogP contribution in [0.5, 0.6) is 0 Å². The van der Waals surface area contributed by atoms with Gasteiger partial charge in [-0.2, -0.15) is 18.2 Å². The van der Waals surface area contributed by atoms with Gasteiger partial charge in [-0.05, 0) is 44.1 Å². The lowest BCUT2D eigenvalue weighted by Gasteiger charge is -2.23. The second-order valence-electron chi connectivity index (χ2n) is 10.3.